The number of likely N-dealkylation sites (tertiary alicyclic amines) is 1. The SMILES string of the molecule is CCN1C2(CCC13CNC3=O)CNC2. The maximum Gasteiger partial charge on any atom is 0.242 e. The maximum absolute atomic E-state index is 11.7. The molecule has 3 saturated heterocycles. The Balaban J connectivity index is 1.92. The molecule has 4 heteroatoms. The van der Waals surface area contributed by atoms with Crippen molar-refractivity contribution in [3.05, 3.63) is 0 Å². The average molecular weight is 195 g/mol. The summed E-state index contributed by atoms with van der Waals surface area (Å²) in [6, 6.07) is 0. The summed E-state index contributed by atoms with van der Waals surface area (Å²) in [5.41, 5.74) is 0.184. The Labute approximate surface area is 84.0 Å². The molecule has 3 aliphatic heterocycles. The summed E-state index contributed by atoms with van der Waals surface area (Å²) in [6.45, 7) is 6.15. The second-order valence-corrected chi connectivity index (χ2v) is 4.79. The minimum Gasteiger partial charge on any atom is -0.352 e. The van der Waals surface area contributed by atoms with E-state index in [1.54, 1.807) is 0 Å². The summed E-state index contributed by atoms with van der Waals surface area (Å²) in [7, 11) is 0. The van der Waals surface area contributed by atoms with E-state index in [9.17, 15) is 4.79 Å². The lowest BCUT2D eigenvalue weighted by atomic mass is 9.88. The van der Waals surface area contributed by atoms with E-state index in [4.69, 9.17) is 0 Å². The first kappa shape index (κ1) is 8.68. The second kappa shape index (κ2) is 2.49. The van der Waals surface area contributed by atoms with Gasteiger partial charge in [0, 0.05) is 25.2 Å². The molecule has 3 heterocycles. The highest BCUT2D eigenvalue weighted by atomic mass is 16.2. The molecule has 3 aliphatic rings. The molecular formula is C10H17N3O. The molecule has 0 aromatic carbocycles. The standard InChI is InChI=1S/C10H17N3O/c1-2-13-9(5-11-6-9)3-4-10(13)7-12-8(10)14/h11H,2-7H2,1H3,(H,12,14). The Morgan fingerprint density at radius 3 is 2.50 bits per heavy atom. The van der Waals surface area contributed by atoms with Gasteiger partial charge in [0.2, 0.25) is 5.91 Å². The molecule has 1 unspecified atom stereocenters. The lowest BCUT2D eigenvalue weighted by Gasteiger charge is -2.53. The second-order valence-electron chi connectivity index (χ2n) is 4.79. The number of hydrogen-bond donors (Lipinski definition) is 2. The molecule has 1 amide bonds. The van der Waals surface area contributed by atoms with Crippen LogP contribution in [0.1, 0.15) is 19.8 Å². The zero-order chi connectivity index (χ0) is 9.81. The molecule has 0 aromatic rings. The Morgan fingerprint density at radius 2 is 2.14 bits per heavy atom. The fourth-order valence-electron chi connectivity index (χ4n) is 3.37. The van der Waals surface area contributed by atoms with E-state index in [-0.39, 0.29) is 11.4 Å². The van der Waals surface area contributed by atoms with Crippen LogP contribution in [0.2, 0.25) is 0 Å². The zero-order valence-electron chi connectivity index (χ0n) is 8.60. The van der Waals surface area contributed by atoms with Crippen molar-refractivity contribution in [3.8, 4) is 0 Å². The number of carbonyl (C=O) groups excluding carboxylic acids is 1. The zero-order valence-corrected chi connectivity index (χ0v) is 8.60. The van der Waals surface area contributed by atoms with Crippen LogP contribution in [-0.2, 0) is 4.79 Å². The molecule has 0 radical (unpaired) electrons. The van der Waals surface area contributed by atoms with E-state index in [0.717, 1.165) is 32.6 Å². The van der Waals surface area contributed by atoms with E-state index in [1.165, 1.54) is 6.42 Å². The number of rotatable bonds is 1. The van der Waals surface area contributed by atoms with Crippen LogP contribution in [0, 0.1) is 0 Å². The predicted molar refractivity (Wildman–Crippen MR) is 53.0 cm³/mol. The van der Waals surface area contributed by atoms with Crippen molar-refractivity contribution < 1.29 is 4.79 Å². The Kier molecular flexibility index (Phi) is 1.55. The van der Waals surface area contributed by atoms with Gasteiger partial charge in [-0.25, -0.2) is 0 Å². The lowest BCUT2D eigenvalue weighted by Crippen LogP contribution is -2.77. The van der Waals surface area contributed by atoms with Crippen LogP contribution >= 0.6 is 0 Å². The van der Waals surface area contributed by atoms with Crippen molar-refractivity contribution in [2.45, 2.75) is 30.8 Å². The van der Waals surface area contributed by atoms with Crippen LogP contribution in [0.3, 0.4) is 0 Å². The minimum absolute atomic E-state index is 0.128. The van der Waals surface area contributed by atoms with Crippen LogP contribution in [-0.4, -0.2) is 48.1 Å². The van der Waals surface area contributed by atoms with Gasteiger partial charge in [0.1, 0.15) is 5.54 Å². The highest BCUT2D eigenvalue weighted by Crippen LogP contribution is 2.45. The predicted octanol–water partition coefficient (Wildman–Crippen LogP) is -0.687. The molecule has 3 rings (SSSR count). The average Bonchev–Trinajstić information content (AvgIpc) is 2.51. The third-order valence-electron chi connectivity index (χ3n) is 4.28. The number of β-lactam (4-membered cyclic amide) rings is 1. The first-order valence-corrected chi connectivity index (χ1v) is 5.50. The van der Waals surface area contributed by atoms with E-state index < -0.39 is 0 Å². The van der Waals surface area contributed by atoms with E-state index in [1.807, 2.05) is 0 Å². The minimum atomic E-state index is -0.128. The van der Waals surface area contributed by atoms with Gasteiger partial charge in [0.25, 0.3) is 0 Å². The van der Waals surface area contributed by atoms with Crippen LogP contribution in [0.15, 0.2) is 0 Å². The van der Waals surface area contributed by atoms with Crippen LogP contribution in [0.5, 0.6) is 0 Å². The number of hydrogen-bond acceptors (Lipinski definition) is 3. The van der Waals surface area contributed by atoms with E-state index in [0.29, 0.717) is 5.54 Å². The fraction of sp³-hybridized carbons (Fsp3) is 0.900. The van der Waals surface area contributed by atoms with Crippen molar-refractivity contribution >= 4 is 5.91 Å². The van der Waals surface area contributed by atoms with Gasteiger partial charge in [0.15, 0.2) is 0 Å². The molecule has 2 N–H and O–H groups in total. The highest BCUT2D eigenvalue weighted by Gasteiger charge is 2.63. The largest absolute Gasteiger partial charge is 0.352 e. The highest BCUT2D eigenvalue weighted by molar-refractivity contribution is 5.93. The van der Waals surface area contributed by atoms with Gasteiger partial charge in [-0.1, -0.05) is 6.92 Å². The normalized spacial score (nSPS) is 39.6. The molecule has 1 atom stereocenters. The van der Waals surface area contributed by atoms with Gasteiger partial charge >= 0.3 is 0 Å². The molecule has 78 valence electrons. The molecular weight excluding hydrogens is 178 g/mol. The number of carbonyl (C=O) groups is 1. The van der Waals surface area contributed by atoms with Crippen LogP contribution in [0.4, 0.5) is 0 Å². The number of amides is 1. The number of nitrogens with one attached hydrogen (secondary N) is 2. The molecule has 2 spiro atoms. The summed E-state index contributed by atoms with van der Waals surface area (Å²) >= 11 is 0. The summed E-state index contributed by atoms with van der Waals surface area (Å²) in [6.07, 6.45) is 2.23. The van der Waals surface area contributed by atoms with Crippen molar-refractivity contribution in [1.29, 1.82) is 0 Å². The third-order valence-corrected chi connectivity index (χ3v) is 4.28. The monoisotopic (exact) mass is 195 g/mol. The molecule has 14 heavy (non-hydrogen) atoms. The maximum atomic E-state index is 11.7. The smallest absolute Gasteiger partial charge is 0.242 e. The van der Waals surface area contributed by atoms with E-state index >= 15 is 0 Å². The summed E-state index contributed by atoms with van der Waals surface area (Å²) in [4.78, 5) is 14.1. The topological polar surface area (TPSA) is 44.4 Å². The summed E-state index contributed by atoms with van der Waals surface area (Å²) in [5, 5.41) is 6.23. The molecule has 0 aromatic heterocycles. The molecule has 4 nitrogen and oxygen atoms in total. The first-order chi connectivity index (χ1) is 6.73. The van der Waals surface area contributed by atoms with Gasteiger partial charge in [0.05, 0.1) is 0 Å². The lowest BCUT2D eigenvalue weighted by molar-refractivity contribution is -0.145. The van der Waals surface area contributed by atoms with Gasteiger partial charge in [-0.2, -0.15) is 0 Å². The van der Waals surface area contributed by atoms with Crippen molar-refractivity contribution in [1.82, 2.24) is 15.5 Å². The van der Waals surface area contributed by atoms with Crippen molar-refractivity contribution in [2.75, 3.05) is 26.2 Å². The van der Waals surface area contributed by atoms with Gasteiger partial charge < -0.3 is 10.6 Å². The third kappa shape index (κ3) is 0.754. The molecule has 3 fully saturated rings. The van der Waals surface area contributed by atoms with Gasteiger partial charge in [-0.15, -0.1) is 0 Å². The van der Waals surface area contributed by atoms with Gasteiger partial charge in [-0.05, 0) is 19.4 Å². The fourth-order valence-corrected chi connectivity index (χ4v) is 3.37. The van der Waals surface area contributed by atoms with Crippen LogP contribution in [0.25, 0.3) is 0 Å². The number of likely N-dealkylation sites (N-methyl/N-ethyl adjacent to an activating group) is 1. The van der Waals surface area contributed by atoms with Crippen molar-refractivity contribution in [3.63, 3.8) is 0 Å². The van der Waals surface area contributed by atoms with Gasteiger partial charge in [-0.3, -0.25) is 9.69 Å². The quantitative estimate of drug-likeness (QED) is 0.545. The Hall–Kier alpha value is -0.610. The Bertz CT molecular complexity index is 287. The first-order valence-electron chi connectivity index (χ1n) is 5.50. The molecule has 0 bridgehead atoms. The molecule has 0 saturated carbocycles. The van der Waals surface area contributed by atoms with Crippen molar-refractivity contribution in [2.24, 2.45) is 0 Å². The number of nitrogens with zero attached hydrogens (tertiary/aromatic N) is 1. The summed E-state index contributed by atoms with van der Waals surface area (Å²) < 4.78 is 0. The molecule has 0 aliphatic carbocycles. The summed E-state index contributed by atoms with van der Waals surface area (Å²) in [5.74, 6) is 0.253. The Morgan fingerprint density at radius 1 is 1.36 bits per heavy atom. The van der Waals surface area contributed by atoms with E-state index in [2.05, 4.69) is 22.5 Å². The van der Waals surface area contributed by atoms with Crippen LogP contribution < -0.4 is 10.6 Å².